The SMILES string of the molecule is CCC(NS(=O)(=O)c1nnc(NC(=O)c2ccc(Cl)cc2)s1)c1ccc(C)cc1C. The molecule has 1 heterocycles. The summed E-state index contributed by atoms with van der Waals surface area (Å²) in [4.78, 5) is 12.3. The van der Waals surface area contributed by atoms with Gasteiger partial charge in [0.25, 0.3) is 15.9 Å². The van der Waals surface area contributed by atoms with Crippen LogP contribution in [0.2, 0.25) is 5.02 Å². The summed E-state index contributed by atoms with van der Waals surface area (Å²) in [5.41, 5.74) is 3.40. The van der Waals surface area contributed by atoms with Gasteiger partial charge in [0.05, 0.1) is 0 Å². The zero-order valence-electron chi connectivity index (χ0n) is 16.6. The molecule has 3 aromatic rings. The van der Waals surface area contributed by atoms with Gasteiger partial charge in [-0.15, -0.1) is 10.2 Å². The molecule has 3 rings (SSSR count). The van der Waals surface area contributed by atoms with Gasteiger partial charge in [-0.2, -0.15) is 0 Å². The minimum absolute atomic E-state index is 0.0925. The van der Waals surface area contributed by atoms with Crippen molar-refractivity contribution < 1.29 is 13.2 Å². The average molecular weight is 465 g/mol. The molecule has 1 unspecified atom stereocenters. The molecule has 0 saturated carbocycles. The molecule has 0 saturated heterocycles. The number of hydrogen-bond acceptors (Lipinski definition) is 6. The molecule has 158 valence electrons. The normalized spacial score (nSPS) is 12.5. The van der Waals surface area contributed by atoms with Gasteiger partial charge in [-0.25, -0.2) is 13.1 Å². The van der Waals surface area contributed by atoms with Crippen molar-refractivity contribution in [2.45, 2.75) is 37.6 Å². The number of carbonyl (C=O) groups excluding carboxylic acids is 1. The second-order valence-corrected chi connectivity index (χ2v) is 10.1. The van der Waals surface area contributed by atoms with Gasteiger partial charge < -0.3 is 0 Å². The lowest BCUT2D eigenvalue weighted by Gasteiger charge is -2.19. The van der Waals surface area contributed by atoms with Crippen LogP contribution in [0, 0.1) is 13.8 Å². The third kappa shape index (κ3) is 5.23. The van der Waals surface area contributed by atoms with Gasteiger partial charge in [-0.3, -0.25) is 10.1 Å². The van der Waals surface area contributed by atoms with E-state index < -0.39 is 22.0 Å². The minimum Gasteiger partial charge on any atom is -0.296 e. The quantitative estimate of drug-likeness (QED) is 0.501. The summed E-state index contributed by atoms with van der Waals surface area (Å²) < 4.78 is 28.1. The van der Waals surface area contributed by atoms with E-state index in [-0.39, 0.29) is 9.47 Å². The Bertz CT molecular complexity index is 1160. The van der Waals surface area contributed by atoms with E-state index in [1.807, 2.05) is 39.0 Å². The Hall–Kier alpha value is -2.33. The number of sulfonamides is 1. The Morgan fingerprint density at radius 2 is 1.83 bits per heavy atom. The third-order valence-electron chi connectivity index (χ3n) is 4.47. The molecule has 30 heavy (non-hydrogen) atoms. The molecule has 7 nitrogen and oxygen atoms in total. The van der Waals surface area contributed by atoms with Crippen LogP contribution in [0.15, 0.2) is 46.8 Å². The third-order valence-corrected chi connectivity index (χ3v) is 7.40. The standard InChI is InChI=1S/C20H21ClN4O3S2/c1-4-17(16-10-5-12(2)11-13(16)3)25-30(27,28)20-24-23-19(29-20)22-18(26)14-6-8-15(21)9-7-14/h5-11,17,25H,4H2,1-3H3,(H,22,23,26). The molecule has 2 N–H and O–H groups in total. The molecule has 1 atom stereocenters. The molecule has 0 spiro atoms. The number of benzene rings is 2. The van der Waals surface area contributed by atoms with Crippen LogP contribution in [0.5, 0.6) is 0 Å². The van der Waals surface area contributed by atoms with E-state index in [2.05, 4.69) is 20.2 Å². The maximum absolute atomic E-state index is 12.8. The van der Waals surface area contributed by atoms with E-state index in [4.69, 9.17) is 11.6 Å². The van der Waals surface area contributed by atoms with Crippen LogP contribution < -0.4 is 10.0 Å². The molecule has 0 aliphatic heterocycles. The molecule has 0 aliphatic carbocycles. The fraction of sp³-hybridized carbons (Fsp3) is 0.250. The minimum atomic E-state index is -3.91. The summed E-state index contributed by atoms with van der Waals surface area (Å²) in [6.07, 6.45) is 0.572. The van der Waals surface area contributed by atoms with E-state index in [0.29, 0.717) is 17.0 Å². The van der Waals surface area contributed by atoms with Crippen LogP contribution >= 0.6 is 22.9 Å². The van der Waals surface area contributed by atoms with Crippen molar-refractivity contribution in [3.63, 3.8) is 0 Å². The zero-order valence-corrected chi connectivity index (χ0v) is 19.0. The number of nitrogens with zero attached hydrogens (tertiary/aromatic N) is 2. The number of aromatic nitrogens is 2. The number of nitrogens with one attached hydrogen (secondary N) is 2. The fourth-order valence-electron chi connectivity index (χ4n) is 2.96. The lowest BCUT2D eigenvalue weighted by atomic mass is 9.98. The zero-order chi connectivity index (χ0) is 21.9. The van der Waals surface area contributed by atoms with Gasteiger partial charge in [0.1, 0.15) is 0 Å². The maximum atomic E-state index is 12.8. The van der Waals surface area contributed by atoms with E-state index >= 15 is 0 Å². The molecule has 1 aromatic heterocycles. The molecular weight excluding hydrogens is 444 g/mol. The van der Waals surface area contributed by atoms with Crippen molar-refractivity contribution in [2.24, 2.45) is 0 Å². The number of halogens is 1. The van der Waals surface area contributed by atoms with Crippen LogP contribution in [0.1, 0.15) is 46.4 Å². The Balaban J connectivity index is 1.75. The predicted molar refractivity (Wildman–Crippen MR) is 119 cm³/mol. The van der Waals surface area contributed by atoms with E-state index in [9.17, 15) is 13.2 Å². The Morgan fingerprint density at radius 1 is 1.13 bits per heavy atom. The maximum Gasteiger partial charge on any atom is 0.270 e. The smallest absolute Gasteiger partial charge is 0.270 e. The highest BCUT2D eigenvalue weighted by Crippen LogP contribution is 2.26. The number of carbonyl (C=O) groups is 1. The number of aryl methyl sites for hydroxylation is 2. The summed E-state index contributed by atoms with van der Waals surface area (Å²) in [5, 5.41) is 10.7. The molecular formula is C20H21ClN4O3S2. The Morgan fingerprint density at radius 3 is 2.47 bits per heavy atom. The number of rotatable bonds is 7. The molecule has 1 amide bonds. The first-order chi connectivity index (χ1) is 14.2. The van der Waals surface area contributed by atoms with Gasteiger partial charge >= 0.3 is 0 Å². The van der Waals surface area contributed by atoms with E-state index in [0.717, 1.165) is 28.0 Å². The molecule has 0 aliphatic rings. The summed E-state index contributed by atoms with van der Waals surface area (Å²) in [5.74, 6) is -0.429. The van der Waals surface area contributed by atoms with Crippen LogP contribution in [0.3, 0.4) is 0 Å². The first-order valence-corrected chi connectivity index (χ1v) is 11.9. The number of hydrogen-bond donors (Lipinski definition) is 2. The topological polar surface area (TPSA) is 101 Å². The Kier molecular flexibility index (Phi) is 6.87. The van der Waals surface area contributed by atoms with E-state index in [1.54, 1.807) is 24.3 Å². The molecule has 2 aromatic carbocycles. The molecule has 10 heteroatoms. The van der Waals surface area contributed by atoms with Crippen LogP contribution in [-0.2, 0) is 10.0 Å². The average Bonchev–Trinajstić information content (AvgIpc) is 3.16. The van der Waals surface area contributed by atoms with Gasteiger partial charge in [0.2, 0.25) is 9.47 Å². The monoisotopic (exact) mass is 464 g/mol. The highest BCUT2D eigenvalue weighted by atomic mass is 35.5. The lowest BCUT2D eigenvalue weighted by Crippen LogP contribution is -2.28. The second-order valence-electron chi connectivity index (χ2n) is 6.78. The van der Waals surface area contributed by atoms with Crippen LogP contribution in [-0.4, -0.2) is 24.5 Å². The van der Waals surface area contributed by atoms with Crippen molar-refractivity contribution in [3.05, 3.63) is 69.7 Å². The summed E-state index contributed by atoms with van der Waals surface area (Å²) >= 11 is 6.61. The van der Waals surface area contributed by atoms with Gasteiger partial charge in [-0.1, -0.05) is 53.6 Å². The van der Waals surface area contributed by atoms with Crippen LogP contribution in [0.25, 0.3) is 0 Å². The number of amides is 1. The van der Waals surface area contributed by atoms with Crippen molar-refractivity contribution in [2.75, 3.05) is 5.32 Å². The van der Waals surface area contributed by atoms with Crippen molar-refractivity contribution >= 4 is 44.0 Å². The van der Waals surface area contributed by atoms with Gasteiger partial charge in [0, 0.05) is 16.6 Å². The first kappa shape index (κ1) is 22.4. The highest BCUT2D eigenvalue weighted by molar-refractivity contribution is 7.91. The van der Waals surface area contributed by atoms with Crippen LogP contribution in [0.4, 0.5) is 5.13 Å². The van der Waals surface area contributed by atoms with Gasteiger partial charge in [0.15, 0.2) is 0 Å². The molecule has 0 fully saturated rings. The molecule has 0 radical (unpaired) electrons. The van der Waals surface area contributed by atoms with E-state index in [1.165, 1.54) is 0 Å². The van der Waals surface area contributed by atoms with Crippen molar-refractivity contribution in [1.29, 1.82) is 0 Å². The highest BCUT2D eigenvalue weighted by Gasteiger charge is 2.25. The summed E-state index contributed by atoms with van der Waals surface area (Å²) in [6.45, 7) is 5.85. The predicted octanol–water partition coefficient (Wildman–Crippen LogP) is 4.49. The van der Waals surface area contributed by atoms with Crippen molar-refractivity contribution in [3.8, 4) is 0 Å². The lowest BCUT2D eigenvalue weighted by molar-refractivity contribution is 0.102. The Labute approximate surface area is 184 Å². The van der Waals surface area contributed by atoms with Gasteiger partial charge in [-0.05, 0) is 55.7 Å². The summed E-state index contributed by atoms with van der Waals surface area (Å²) in [6, 6.07) is 11.8. The second kappa shape index (κ2) is 9.22. The van der Waals surface area contributed by atoms with Crippen molar-refractivity contribution in [1.82, 2.24) is 14.9 Å². The fourth-order valence-corrected chi connectivity index (χ4v) is 5.30. The molecule has 0 bridgehead atoms. The first-order valence-electron chi connectivity index (χ1n) is 9.19. The number of anilines is 1. The summed E-state index contributed by atoms with van der Waals surface area (Å²) in [7, 11) is -3.91. The largest absolute Gasteiger partial charge is 0.296 e.